The number of thioether (sulfide) groups is 1. The number of nitrogens with one attached hydrogen (secondary N) is 1. The number of amides is 1. The van der Waals surface area contributed by atoms with Gasteiger partial charge in [0.25, 0.3) is 5.91 Å². The van der Waals surface area contributed by atoms with Crippen LogP contribution < -0.4 is 15.0 Å². The Hall–Kier alpha value is -2.51. The molecule has 0 spiro atoms. The van der Waals surface area contributed by atoms with Gasteiger partial charge in [-0.05, 0) is 42.8 Å². The Morgan fingerprint density at radius 2 is 1.97 bits per heavy atom. The van der Waals surface area contributed by atoms with Gasteiger partial charge in [-0.25, -0.2) is 4.98 Å². The van der Waals surface area contributed by atoms with Gasteiger partial charge >= 0.3 is 0 Å². The maximum absolute atomic E-state index is 12.6. The van der Waals surface area contributed by atoms with Crippen molar-refractivity contribution in [3.05, 3.63) is 75.7 Å². The zero-order valence-electron chi connectivity index (χ0n) is 17.0. The molecule has 0 atom stereocenters. The average Bonchev–Trinajstić information content (AvgIpc) is 3.22. The lowest BCUT2D eigenvalue weighted by atomic mass is 10.1. The standard InChI is InChI=1S/C23H25N3O2S2/c1-17-25-20(16-30-17)15-28-22-4-2-3-19(13-22)23(27)24-14-18-5-7-21(8-6-18)26-9-11-29-12-10-26/h2-8,13,16H,9-12,14-15H2,1H3,(H,24,27). The van der Waals surface area contributed by atoms with E-state index >= 15 is 0 Å². The van der Waals surface area contributed by atoms with Crippen molar-refractivity contribution in [3.63, 3.8) is 0 Å². The minimum absolute atomic E-state index is 0.109. The van der Waals surface area contributed by atoms with Gasteiger partial charge in [0, 0.05) is 47.8 Å². The lowest BCUT2D eigenvalue weighted by Crippen LogP contribution is -2.32. The zero-order valence-corrected chi connectivity index (χ0v) is 18.6. The fourth-order valence-electron chi connectivity index (χ4n) is 3.29. The van der Waals surface area contributed by atoms with Crippen molar-refractivity contribution in [1.82, 2.24) is 10.3 Å². The molecule has 1 aliphatic heterocycles. The van der Waals surface area contributed by atoms with Crippen molar-refractivity contribution < 1.29 is 9.53 Å². The predicted molar refractivity (Wildman–Crippen MR) is 125 cm³/mol. The number of carbonyl (C=O) groups is 1. The lowest BCUT2D eigenvalue weighted by molar-refractivity contribution is 0.0950. The van der Waals surface area contributed by atoms with Gasteiger partial charge in [-0.1, -0.05) is 18.2 Å². The third kappa shape index (κ3) is 5.55. The molecule has 0 unspecified atom stereocenters. The first kappa shape index (κ1) is 20.8. The van der Waals surface area contributed by atoms with Crippen molar-refractivity contribution in [3.8, 4) is 5.75 Å². The maximum atomic E-state index is 12.6. The lowest BCUT2D eigenvalue weighted by Gasteiger charge is -2.28. The van der Waals surface area contributed by atoms with Crippen molar-refractivity contribution in [2.45, 2.75) is 20.1 Å². The van der Waals surface area contributed by atoms with Gasteiger partial charge in [-0.15, -0.1) is 11.3 Å². The first-order valence-electron chi connectivity index (χ1n) is 10.0. The molecule has 2 heterocycles. The molecule has 0 radical (unpaired) electrons. The molecule has 4 rings (SSSR count). The summed E-state index contributed by atoms with van der Waals surface area (Å²) in [6.07, 6.45) is 0. The fourth-order valence-corrected chi connectivity index (χ4v) is 4.79. The van der Waals surface area contributed by atoms with E-state index in [0.29, 0.717) is 24.5 Å². The van der Waals surface area contributed by atoms with E-state index in [1.807, 2.05) is 36.2 Å². The van der Waals surface area contributed by atoms with Gasteiger partial charge in [0.05, 0.1) is 10.7 Å². The molecule has 30 heavy (non-hydrogen) atoms. The van der Waals surface area contributed by atoms with E-state index in [-0.39, 0.29) is 5.91 Å². The minimum Gasteiger partial charge on any atom is -0.487 e. The molecule has 1 saturated heterocycles. The highest BCUT2D eigenvalue weighted by Gasteiger charge is 2.11. The zero-order chi connectivity index (χ0) is 20.8. The van der Waals surface area contributed by atoms with Crippen LogP contribution in [0.5, 0.6) is 5.75 Å². The third-order valence-corrected chi connectivity index (χ3v) is 6.68. The monoisotopic (exact) mass is 439 g/mol. The van der Waals surface area contributed by atoms with Crippen molar-refractivity contribution in [1.29, 1.82) is 0 Å². The highest BCUT2D eigenvalue weighted by atomic mass is 32.2. The number of rotatable bonds is 7. The van der Waals surface area contributed by atoms with Crippen LogP contribution in [-0.4, -0.2) is 35.5 Å². The molecule has 1 aromatic heterocycles. The molecule has 156 valence electrons. The van der Waals surface area contributed by atoms with Crippen LogP contribution >= 0.6 is 23.1 Å². The molecule has 1 N–H and O–H groups in total. The van der Waals surface area contributed by atoms with E-state index in [4.69, 9.17) is 4.74 Å². The topological polar surface area (TPSA) is 54.5 Å². The molecule has 1 fully saturated rings. The molecule has 0 bridgehead atoms. The van der Waals surface area contributed by atoms with Crippen LogP contribution in [0.3, 0.4) is 0 Å². The van der Waals surface area contributed by atoms with Gasteiger partial charge in [-0.3, -0.25) is 4.79 Å². The van der Waals surface area contributed by atoms with Crippen LogP contribution in [0.4, 0.5) is 5.69 Å². The molecule has 0 saturated carbocycles. The highest BCUT2D eigenvalue weighted by Crippen LogP contribution is 2.20. The molecule has 3 aromatic rings. The second kappa shape index (κ2) is 10.00. The minimum atomic E-state index is -0.109. The Labute approximate surface area is 185 Å². The Morgan fingerprint density at radius 1 is 1.17 bits per heavy atom. The van der Waals surface area contributed by atoms with Crippen LogP contribution in [0, 0.1) is 6.92 Å². The summed E-state index contributed by atoms with van der Waals surface area (Å²) in [5.41, 5.74) is 3.83. The largest absolute Gasteiger partial charge is 0.487 e. The smallest absolute Gasteiger partial charge is 0.251 e. The van der Waals surface area contributed by atoms with Crippen LogP contribution in [0.15, 0.2) is 53.9 Å². The molecular formula is C23H25N3O2S2. The molecule has 0 aliphatic carbocycles. The second-order valence-corrected chi connectivity index (χ2v) is 9.41. The van der Waals surface area contributed by atoms with E-state index in [1.54, 1.807) is 23.5 Å². The van der Waals surface area contributed by atoms with Gasteiger partial charge in [0.1, 0.15) is 12.4 Å². The predicted octanol–water partition coefficient (Wildman–Crippen LogP) is 4.51. The SMILES string of the molecule is Cc1nc(COc2cccc(C(=O)NCc3ccc(N4CCSCC4)cc3)c2)cs1. The molecule has 7 heteroatoms. The third-order valence-electron chi connectivity index (χ3n) is 4.92. The van der Waals surface area contributed by atoms with E-state index in [1.165, 1.54) is 17.2 Å². The number of anilines is 1. The average molecular weight is 440 g/mol. The number of nitrogens with zero attached hydrogens (tertiary/aromatic N) is 2. The summed E-state index contributed by atoms with van der Waals surface area (Å²) in [7, 11) is 0. The second-order valence-electron chi connectivity index (χ2n) is 7.12. The normalized spacial score (nSPS) is 13.8. The molecular weight excluding hydrogens is 414 g/mol. The number of thiazole rings is 1. The summed E-state index contributed by atoms with van der Waals surface area (Å²) < 4.78 is 5.79. The summed E-state index contributed by atoms with van der Waals surface area (Å²) >= 11 is 3.61. The summed E-state index contributed by atoms with van der Waals surface area (Å²) in [6, 6.07) is 15.7. The quantitative estimate of drug-likeness (QED) is 0.587. The van der Waals surface area contributed by atoms with Gasteiger partial charge in [0.15, 0.2) is 0 Å². The van der Waals surface area contributed by atoms with Crippen LogP contribution in [0.2, 0.25) is 0 Å². The van der Waals surface area contributed by atoms with E-state index in [0.717, 1.165) is 29.4 Å². The van der Waals surface area contributed by atoms with E-state index in [9.17, 15) is 4.79 Å². The fraction of sp³-hybridized carbons (Fsp3) is 0.304. The Bertz CT molecular complexity index is 982. The van der Waals surface area contributed by atoms with Crippen molar-refractivity contribution >= 4 is 34.7 Å². The van der Waals surface area contributed by atoms with Gasteiger partial charge in [0.2, 0.25) is 0 Å². The first-order chi connectivity index (χ1) is 14.7. The van der Waals surface area contributed by atoms with Crippen molar-refractivity contribution in [2.24, 2.45) is 0 Å². The van der Waals surface area contributed by atoms with Crippen LogP contribution in [0.1, 0.15) is 26.6 Å². The van der Waals surface area contributed by atoms with E-state index < -0.39 is 0 Å². The van der Waals surface area contributed by atoms with E-state index in [2.05, 4.69) is 39.5 Å². The Kier molecular flexibility index (Phi) is 6.92. The molecule has 5 nitrogen and oxygen atoms in total. The molecule has 2 aromatic carbocycles. The van der Waals surface area contributed by atoms with Crippen molar-refractivity contribution in [2.75, 3.05) is 29.5 Å². The van der Waals surface area contributed by atoms with Gasteiger partial charge in [-0.2, -0.15) is 11.8 Å². The van der Waals surface area contributed by atoms with Gasteiger partial charge < -0.3 is 15.0 Å². The number of hydrogen-bond acceptors (Lipinski definition) is 6. The number of aromatic nitrogens is 1. The Balaban J connectivity index is 1.30. The number of carbonyl (C=O) groups excluding carboxylic acids is 1. The molecule has 1 aliphatic rings. The Morgan fingerprint density at radius 3 is 2.70 bits per heavy atom. The summed E-state index contributed by atoms with van der Waals surface area (Å²) in [6.45, 7) is 5.07. The number of ether oxygens (including phenoxy) is 1. The van der Waals surface area contributed by atoms with Crippen LogP contribution in [0.25, 0.3) is 0 Å². The summed E-state index contributed by atoms with van der Waals surface area (Å²) in [4.78, 5) is 19.4. The summed E-state index contributed by atoms with van der Waals surface area (Å²) in [5, 5.41) is 6.00. The molecule has 1 amide bonds. The first-order valence-corrected chi connectivity index (χ1v) is 12.0. The number of aryl methyl sites for hydroxylation is 1. The highest BCUT2D eigenvalue weighted by molar-refractivity contribution is 7.99. The number of benzene rings is 2. The summed E-state index contributed by atoms with van der Waals surface area (Å²) in [5.74, 6) is 2.92. The maximum Gasteiger partial charge on any atom is 0.251 e. The number of hydrogen-bond donors (Lipinski definition) is 1. The van der Waals surface area contributed by atoms with Crippen LogP contribution in [-0.2, 0) is 13.2 Å².